The monoisotopic (exact) mass is 323 g/mol. The van der Waals surface area contributed by atoms with Crippen molar-refractivity contribution in [3.63, 3.8) is 0 Å². The number of nitrogens with one attached hydrogen (secondary N) is 1. The van der Waals surface area contributed by atoms with Gasteiger partial charge in [0.15, 0.2) is 5.82 Å². The van der Waals surface area contributed by atoms with Gasteiger partial charge in [-0.2, -0.15) is 5.21 Å². The second-order valence-electron chi connectivity index (χ2n) is 4.29. The SMILES string of the molecule is O=C1CC(Cc2nn[nH]n2)N1c1ccc(O)c(Br)c1. The predicted molar refractivity (Wildman–Crippen MR) is 69.6 cm³/mol. The van der Waals surface area contributed by atoms with Gasteiger partial charge in [-0.25, -0.2) is 0 Å². The maximum atomic E-state index is 11.7. The highest BCUT2D eigenvalue weighted by molar-refractivity contribution is 9.10. The Balaban J connectivity index is 1.81. The molecule has 1 fully saturated rings. The standard InChI is InChI=1S/C11H10BrN5O2/c12-8-3-6(1-2-9(8)18)17-7(5-11(17)19)4-10-13-15-16-14-10/h1-3,7,18H,4-5H2,(H,13,14,15,16). The van der Waals surface area contributed by atoms with Gasteiger partial charge in [0.1, 0.15) is 5.75 Å². The van der Waals surface area contributed by atoms with Crippen molar-refractivity contribution >= 4 is 27.5 Å². The zero-order chi connectivity index (χ0) is 13.4. The van der Waals surface area contributed by atoms with Crippen LogP contribution in [0.25, 0.3) is 0 Å². The quantitative estimate of drug-likeness (QED) is 0.822. The Bertz CT molecular complexity index is 616. The molecule has 1 unspecified atom stereocenters. The van der Waals surface area contributed by atoms with Crippen LogP contribution in [0, 0.1) is 0 Å². The molecule has 19 heavy (non-hydrogen) atoms. The number of carbonyl (C=O) groups excluding carboxylic acids is 1. The Hall–Kier alpha value is -1.96. The zero-order valence-corrected chi connectivity index (χ0v) is 11.3. The molecular formula is C11H10BrN5O2. The lowest BCUT2D eigenvalue weighted by Gasteiger charge is -2.40. The number of aromatic amines is 1. The maximum Gasteiger partial charge on any atom is 0.229 e. The van der Waals surface area contributed by atoms with Gasteiger partial charge >= 0.3 is 0 Å². The molecule has 0 aliphatic carbocycles. The van der Waals surface area contributed by atoms with Crippen LogP contribution in [-0.4, -0.2) is 37.7 Å². The highest BCUT2D eigenvalue weighted by Crippen LogP contribution is 2.34. The molecule has 0 saturated carbocycles. The van der Waals surface area contributed by atoms with Gasteiger partial charge in [0.05, 0.1) is 10.5 Å². The van der Waals surface area contributed by atoms with Gasteiger partial charge in [-0.05, 0) is 34.1 Å². The van der Waals surface area contributed by atoms with Crippen molar-refractivity contribution in [2.24, 2.45) is 0 Å². The van der Waals surface area contributed by atoms with Gasteiger partial charge in [-0.15, -0.1) is 10.2 Å². The summed E-state index contributed by atoms with van der Waals surface area (Å²) in [5.74, 6) is 0.776. The first-order valence-corrected chi connectivity index (χ1v) is 6.47. The van der Waals surface area contributed by atoms with Crippen LogP contribution < -0.4 is 4.90 Å². The average molecular weight is 324 g/mol. The summed E-state index contributed by atoms with van der Waals surface area (Å²) in [6.07, 6.45) is 1.02. The van der Waals surface area contributed by atoms with Crippen LogP contribution in [-0.2, 0) is 11.2 Å². The number of hydrogen-bond donors (Lipinski definition) is 2. The number of benzene rings is 1. The Morgan fingerprint density at radius 1 is 1.53 bits per heavy atom. The summed E-state index contributed by atoms with van der Waals surface area (Å²) in [5, 5.41) is 23.1. The number of tetrazole rings is 1. The van der Waals surface area contributed by atoms with E-state index in [2.05, 4.69) is 36.6 Å². The predicted octanol–water partition coefficient (Wildman–Crippen LogP) is 1.02. The van der Waals surface area contributed by atoms with Crippen LogP contribution in [0.15, 0.2) is 22.7 Å². The van der Waals surface area contributed by atoms with E-state index in [-0.39, 0.29) is 17.7 Å². The minimum Gasteiger partial charge on any atom is -0.507 e. The number of nitrogens with zero attached hydrogens (tertiary/aromatic N) is 4. The Morgan fingerprint density at radius 2 is 2.37 bits per heavy atom. The Morgan fingerprint density at radius 3 is 3.00 bits per heavy atom. The van der Waals surface area contributed by atoms with E-state index in [4.69, 9.17) is 0 Å². The van der Waals surface area contributed by atoms with E-state index in [0.29, 0.717) is 23.1 Å². The molecule has 1 amide bonds. The van der Waals surface area contributed by atoms with Crippen LogP contribution in [0.1, 0.15) is 12.2 Å². The van der Waals surface area contributed by atoms with Crippen LogP contribution in [0.2, 0.25) is 0 Å². The fraction of sp³-hybridized carbons (Fsp3) is 0.273. The molecule has 8 heteroatoms. The number of H-pyrrole nitrogens is 1. The molecule has 1 aromatic carbocycles. The summed E-state index contributed by atoms with van der Waals surface area (Å²) in [5.41, 5.74) is 0.745. The number of aromatic nitrogens is 4. The van der Waals surface area contributed by atoms with Gasteiger partial charge < -0.3 is 10.0 Å². The van der Waals surface area contributed by atoms with Crippen molar-refractivity contribution in [1.29, 1.82) is 0 Å². The molecule has 98 valence electrons. The van der Waals surface area contributed by atoms with Crippen molar-refractivity contribution in [3.05, 3.63) is 28.5 Å². The van der Waals surface area contributed by atoms with Gasteiger partial charge in [0, 0.05) is 18.5 Å². The molecule has 0 radical (unpaired) electrons. The minimum absolute atomic E-state index is 0.0292. The maximum absolute atomic E-state index is 11.7. The molecule has 1 aliphatic rings. The number of halogens is 1. The highest BCUT2D eigenvalue weighted by atomic mass is 79.9. The molecule has 1 aliphatic heterocycles. The van der Waals surface area contributed by atoms with Crippen LogP contribution >= 0.6 is 15.9 Å². The molecule has 2 N–H and O–H groups in total. The number of hydrogen-bond acceptors (Lipinski definition) is 5. The highest BCUT2D eigenvalue weighted by Gasteiger charge is 2.38. The fourth-order valence-electron chi connectivity index (χ4n) is 2.13. The number of anilines is 1. The lowest BCUT2D eigenvalue weighted by molar-refractivity contribution is -0.124. The third-order valence-corrected chi connectivity index (χ3v) is 3.70. The minimum atomic E-state index is 0.0292. The number of phenolic OH excluding ortho intramolecular Hbond substituents is 1. The lowest BCUT2D eigenvalue weighted by Crippen LogP contribution is -2.54. The normalized spacial score (nSPS) is 18.5. The molecule has 1 aromatic heterocycles. The smallest absolute Gasteiger partial charge is 0.229 e. The summed E-state index contributed by atoms with van der Waals surface area (Å²) in [6.45, 7) is 0. The number of phenols is 1. The molecule has 1 saturated heterocycles. The third-order valence-electron chi connectivity index (χ3n) is 3.06. The van der Waals surface area contributed by atoms with Gasteiger partial charge in [0.25, 0.3) is 0 Å². The van der Waals surface area contributed by atoms with E-state index < -0.39 is 0 Å². The van der Waals surface area contributed by atoms with Crippen molar-refractivity contribution in [1.82, 2.24) is 20.6 Å². The first kappa shape index (κ1) is 12.1. The summed E-state index contributed by atoms with van der Waals surface area (Å²) in [4.78, 5) is 13.4. The number of amides is 1. The fourth-order valence-corrected chi connectivity index (χ4v) is 2.49. The van der Waals surface area contributed by atoms with Crippen molar-refractivity contribution in [2.45, 2.75) is 18.9 Å². The number of β-lactam (4-membered cyclic amide) rings is 1. The summed E-state index contributed by atoms with van der Waals surface area (Å²) in [6, 6.07) is 5.01. The largest absolute Gasteiger partial charge is 0.507 e. The molecule has 3 rings (SSSR count). The summed E-state index contributed by atoms with van der Waals surface area (Å²) in [7, 11) is 0. The average Bonchev–Trinajstić information content (AvgIpc) is 2.86. The second-order valence-corrected chi connectivity index (χ2v) is 5.14. The van der Waals surface area contributed by atoms with Crippen LogP contribution in [0.4, 0.5) is 5.69 Å². The van der Waals surface area contributed by atoms with Crippen molar-refractivity contribution in [3.8, 4) is 5.75 Å². The molecule has 0 bridgehead atoms. The van der Waals surface area contributed by atoms with E-state index >= 15 is 0 Å². The summed E-state index contributed by atoms with van der Waals surface area (Å²) >= 11 is 3.24. The Labute approximate surface area is 116 Å². The van der Waals surface area contributed by atoms with E-state index in [0.717, 1.165) is 5.69 Å². The van der Waals surface area contributed by atoms with Crippen molar-refractivity contribution < 1.29 is 9.90 Å². The first-order valence-electron chi connectivity index (χ1n) is 5.68. The number of carbonyl (C=O) groups is 1. The topological polar surface area (TPSA) is 95.0 Å². The van der Waals surface area contributed by atoms with Gasteiger partial charge in [0.2, 0.25) is 5.91 Å². The van der Waals surface area contributed by atoms with Crippen molar-refractivity contribution in [2.75, 3.05) is 4.90 Å². The van der Waals surface area contributed by atoms with Gasteiger partial charge in [-0.1, -0.05) is 5.21 Å². The zero-order valence-electron chi connectivity index (χ0n) is 9.75. The molecule has 0 spiro atoms. The van der Waals surface area contributed by atoms with Gasteiger partial charge in [-0.3, -0.25) is 4.79 Å². The van der Waals surface area contributed by atoms with E-state index in [1.165, 1.54) is 0 Å². The number of aromatic hydroxyl groups is 1. The van der Waals surface area contributed by atoms with E-state index in [1.807, 2.05) is 0 Å². The second kappa shape index (κ2) is 4.61. The van der Waals surface area contributed by atoms with Crippen LogP contribution in [0.5, 0.6) is 5.75 Å². The lowest BCUT2D eigenvalue weighted by atomic mass is 9.97. The van der Waals surface area contributed by atoms with E-state index in [9.17, 15) is 9.90 Å². The first-order chi connectivity index (χ1) is 9.15. The summed E-state index contributed by atoms with van der Waals surface area (Å²) < 4.78 is 0.558. The molecule has 1 atom stereocenters. The molecule has 2 heterocycles. The molecule has 7 nitrogen and oxygen atoms in total. The van der Waals surface area contributed by atoms with E-state index in [1.54, 1.807) is 23.1 Å². The third kappa shape index (κ3) is 2.19. The molecule has 2 aromatic rings. The molecular weight excluding hydrogens is 314 g/mol. The number of rotatable bonds is 3. The Kier molecular flexibility index (Phi) is 2.94. The van der Waals surface area contributed by atoms with Crippen LogP contribution in [0.3, 0.4) is 0 Å².